The van der Waals surface area contributed by atoms with Crippen molar-refractivity contribution in [3.8, 4) is 44.9 Å². The average molecular weight is 793 g/mol. The summed E-state index contributed by atoms with van der Waals surface area (Å²) in [5, 5.41) is 0. The summed E-state index contributed by atoms with van der Waals surface area (Å²) in [7, 11) is 0. The average Bonchev–Trinajstić information content (AvgIpc) is 3.27. The highest BCUT2D eigenvalue weighted by atomic mass is 16.6. The molecule has 10 nitrogen and oxygen atoms in total. The monoisotopic (exact) mass is 792 g/mol. The van der Waals surface area contributed by atoms with E-state index in [4.69, 9.17) is 47.4 Å². The summed E-state index contributed by atoms with van der Waals surface area (Å²) in [6.07, 6.45) is 0. The van der Waals surface area contributed by atoms with E-state index in [9.17, 15) is 0 Å². The van der Waals surface area contributed by atoms with Crippen molar-refractivity contribution in [2.45, 2.75) is 13.2 Å². The van der Waals surface area contributed by atoms with E-state index in [-0.39, 0.29) is 0 Å². The minimum absolute atomic E-state index is 0.462. The minimum atomic E-state index is 0.462. The van der Waals surface area contributed by atoms with Crippen LogP contribution in [0.5, 0.6) is 11.5 Å². The van der Waals surface area contributed by atoms with Crippen molar-refractivity contribution < 1.29 is 47.4 Å². The highest BCUT2D eigenvalue weighted by Crippen LogP contribution is 2.27. The van der Waals surface area contributed by atoms with Crippen molar-refractivity contribution >= 4 is 0 Å². The van der Waals surface area contributed by atoms with Crippen LogP contribution in [0.2, 0.25) is 0 Å². The first-order valence-corrected chi connectivity index (χ1v) is 20.2. The van der Waals surface area contributed by atoms with Crippen LogP contribution in [0, 0.1) is 0 Å². The van der Waals surface area contributed by atoms with Crippen LogP contribution in [-0.2, 0) is 51.1 Å². The SMILES string of the molecule is c1cc2ccc1COCCOCCOCCOCCOc1ccc(cc1)-c1ccc(cc1)OCCOCCOCCOCCOCc1ccc(cc1)-c1ccc-2cc1. The van der Waals surface area contributed by atoms with Crippen LogP contribution < -0.4 is 9.47 Å². The molecule has 0 radical (unpaired) electrons. The predicted molar refractivity (Wildman–Crippen MR) is 224 cm³/mol. The number of hydrogen-bond acceptors (Lipinski definition) is 10. The van der Waals surface area contributed by atoms with Crippen LogP contribution in [0.4, 0.5) is 0 Å². The van der Waals surface area contributed by atoms with E-state index >= 15 is 0 Å². The Balaban J connectivity index is 0.911. The maximum absolute atomic E-state index is 5.84. The Morgan fingerprint density at radius 1 is 0.207 bits per heavy atom. The van der Waals surface area contributed by atoms with Gasteiger partial charge in [0.2, 0.25) is 0 Å². The van der Waals surface area contributed by atoms with Gasteiger partial charge in [-0.25, -0.2) is 0 Å². The zero-order valence-corrected chi connectivity index (χ0v) is 33.4. The summed E-state index contributed by atoms with van der Waals surface area (Å²) in [5.41, 5.74) is 9.12. The molecule has 308 valence electrons. The summed E-state index contributed by atoms with van der Waals surface area (Å²) in [5.74, 6) is 1.59. The number of ether oxygens (including phenoxy) is 10. The third kappa shape index (κ3) is 15.6. The summed E-state index contributed by atoms with van der Waals surface area (Å²) in [4.78, 5) is 0. The van der Waals surface area contributed by atoms with Gasteiger partial charge in [-0.3, -0.25) is 0 Å². The van der Waals surface area contributed by atoms with Crippen molar-refractivity contribution in [3.05, 3.63) is 132 Å². The van der Waals surface area contributed by atoms with Crippen molar-refractivity contribution in [2.24, 2.45) is 0 Å². The van der Waals surface area contributed by atoms with Gasteiger partial charge < -0.3 is 47.4 Å². The molecule has 0 aromatic heterocycles. The lowest BCUT2D eigenvalue weighted by Gasteiger charge is -2.10. The minimum Gasteiger partial charge on any atom is -0.491 e. The quantitative estimate of drug-likeness (QED) is 0.153. The van der Waals surface area contributed by atoms with Crippen LogP contribution >= 0.6 is 0 Å². The molecular weight excluding hydrogens is 737 g/mol. The van der Waals surface area contributed by atoms with Gasteiger partial charge in [-0.15, -0.1) is 0 Å². The van der Waals surface area contributed by atoms with E-state index in [1.807, 2.05) is 48.5 Å². The first-order chi connectivity index (χ1) is 28.8. The van der Waals surface area contributed by atoms with E-state index in [0.717, 1.165) is 33.8 Å². The second-order valence-electron chi connectivity index (χ2n) is 13.5. The molecule has 0 fully saturated rings. The van der Waals surface area contributed by atoms with Gasteiger partial charge in [-0.05, 0) is 68.8 Å². The molecule has 0 saturated carbocycles. The van der Waals surface area contributed by atoms with Gasteiger partial charge in [0.25, 0.3) is 0 Å². The predicted octanol–water partition coefficient (Wildman–Crippen LogP) is 8.29. The Morgan fingerprint density at radius 2 is 0.414 bits per heavy atom. The molecule has 0 atom stereocenters. The Morgan fingerprint density at radius 3 is 0.690 bits per heavy atom. The highest BCUT2D eigenvalue weighted by molar-refractivity contribution is 5.70. The molecule has 13 heterocycles. The maximum atomic E-state index is 5.84. The molecule has 0 N–H and O–H groups in total. The largest absolute Gasteiger partial charge is 0.491 e. The standard InChI is InChI=1S/C48H56O10/c1-5-41-6-2-39(1)37-55-31-29-51-23-21-49-25-27-53-33-35-57-47-17-13-45(14-18-47)46-15-19-48(20-16-46)58-36-34-54-28-26-50-22-24-52-30-32-56-38-40-3-7-42(8-4-40)44-11-9-43(41)10-12-44/h1-20H,21-38H2. The molecule has 18 rings (SSSR count). The fourth-order valence-corrected chi connectivity index (χ4v) is 6.07. The van der Waals surface area contributed by atoms with E-state index in [2.05, 4.69) is 72.8 Å². The molecule has 13 aliphatic heterocycles. The number of hydrogen-bond donors (Lipinski definition) is 0. The number of benzene rings is 5. The van der Waals surface area contributed by atoms with E-state index in [1.54, 1.807) is 0 Å². The van der Waals surface area contributed by atoms with Crippen LogP contribution in [0.1, 0.15) is 11.1 Å². The molecule has 0 aliphatic carbocycles. The lowest BCUT2D eigenvalue weighted by atomic mass is 9.99. The van der Waals surface area contributed by atoms with E-state index in [1.165, 1.54) is 22.3 Å². The van der Waals surface area contributed by atoms with Gasteiger partial charge in [-0.2, -0.15) is 0 Å². The first-order valence-electron chi connectivity index (χ1n) is 20.2. The molecule has 5 aromatic carbocycles. The summed E-state index contributed by atoms with van der Waals surface area (Å²) >= 11 is 0. The summed E-state index contributed by atoms with van der Waals surface area (Å²) in [6, 6.07) is 41.7. The molecule has 10 heteroatoms. The topological polar surface area (TPSA) is 92.3 Å². The van der Waals surface area contributed by atoms with Crippen LogP contribution in [0.3, 0.4) is 0 Å². The summed E-state index contributed by atoms with van der Waals surface area (Å²) < 4.78 is 57.2. The smallest absolute Gasteiger partial charge is 0.119 e. The zero-order valence-electron chi connectivity index (χ0n) is 33.4. The van der Waals surface area contributed by atoms with Crippen molar-refractivity contribution in [1.29, 1.82) is 0 Å². The van der Waals surface area contributed by atoms with Crippen molar-refractivity contribution in [3.63, 3.8) is 0 Å². The summed E-state index contributed by atoms with van der Waals surface area (Å²) in [6.45, 7) is 9.08. The van der Waals surface area contributed by atoms with Crippen molar-refractivity contribution in [1.82, 2.24) is 0 Å². The Bertz CT molecular complexity index is 1680. The molecule has 5 aromatic rings. The number of rotatable bonds is 0. The van der Waals surface area contributed by atoms with Gasteiger partial charge in [0, 0.05) is 0 Å². The molecule has 0 saturated heterocycles. The fourth-order valence-electron chi connectivity index (χ4n) is 6.07. The van der Waals surface area contributed by atoms with Gasteiger partial charge >= 0.3 is 0 Å². The zero-order chi connectivity index (χ0) is 39.7. The molecule has 10 bridgehead atoms. The molecule has 0 spiro atoms. The fraction of sp³-hybridized carbons (Fsp3) is 0.375. The second-order valence-corrected chi connectivity index (χ2v) is 13.5. The Hall–Kier alpha value is -4.62. The van der Waals surface area contributed by atoms with Crippen LogP contribution in [0.25, 0.3) is 33.4 Å². The van der Waals surface area contributed by atoms with Gasteiger partial charge in [0.15, 0.2) is 0 Å². The molecule has 13 aliphatic rings. The van der Waals surface area contributed by atoms with E-state index < -0.39 is 0 Å². The van der Waals surface area contributed by atoms with E-state index in [0.29, 0.717) is 119 Å². The third-order valence-corrected chi connectivity index (χ3v) is 9.26. The first kappa shape index (κ1) is 43.0. The molecular formula is C48H56O10. The van der Waals surface area contributed by atoms with Crippen LogP contribution in [-0.4, -0.2) is 106 Å². The third-order valence-electron chi connectivity index (χ3n) is 9.26. The molecule has 58 heavy (non-hydrogen) atoms. The highest BCUT2D eigenvalue weighted by Gasteiger charge is 2.05. The van der Waals surface area contributed by atoms with Crippen molar-refractivity contribution in [2.75, 3.05) is 106 Å². The Labute approximate surface area is 342 Å². The molecule has 0 amide bonds. The van der Waals surface area contributed by atoms with Gasteiger partial charge in [0.05, 0.1) is 106 Å². The lowest BCUT2D eigenvalue weighted by Crippen LogP contribution is -2.13. The molecule has 0 unspecified atom stereocenters. The second kappa shape index (κ2) is 25.7. The normalized spacial score (nSPS) is 17.2. The van der Waals surface area contributed by atoms with Gasteiger partial charge in [-0.1, -0.05) is 97.1 Å². The Kier molecular flexibility index (Phi) is 19.0. The lowest BCUT2D eigenvalue weighted by molar-refractivity contribution is -0.00659. The maximum Gasteiger partial charge on any atom is 0.119 e. The van der Waals surface area contributed by atoms with Gasteiger partial charge in [0.1, 0.15) is 24.7 Å². The van der Waals surface area contributed by atoms with Crippen LogP contribution in [0.15, 0.2) is 121 Å².